The van der Waals surface area contributed by atoms with Gasteiger partial charge in [0.05, 0.1) is 0 Å². The lowest BCUT2D eigenvalue weighted by Gasteiger charge is -1.92. The molecule has 0 fully saturated rings. The Bertz CT molecular complexity index is 399. The van der Waals surface area contributed by atoms with Gasteiger partial charge >= 0.3 is 0 Å². The first kappa shape index (κ1) is 9.01. The molecular formula is C8H9N5S. The SMILES string of the molecule is CCNc1nc(-c2ncccn2)ns1. The van der Waals surface area contributed by atoms with Crippen molar-refractivity contribution < 1.29 is 0 Å². The average Bonchev–Trinajstić information content (AvgIpc) is 2.68. The summed E-state index contributed by atoms with van der Waals surface area (Å²) in [5.74, 6) is 1.14. The number of rotatable bonds is 3. The molecule has 0 amide bonds. The summed E-state index contributed by atoms with van der Waals surface area (Å²) in [6, 6.07) is 1.76. The lowest BCUT2D eigenvalue weighted by atomic mass is 10.5. The van der Waals surface area contributed by atoms with Crippen LogP contribution in [0.2, 0.25) is 0 Å². The largest absolute Gasteiger partial charge is 0.361 e. The predicted molar refractivity (Wildman–Crippen MR) is 55.1 cm³/mol. The van der Waals surface area contributed by atoms with E-state index in [2.05, 4.69) is 24.6 Å². The lowest BCUT2D eigenvalue weighted by molar-refractivity contribution is 1.12. The second kappa shape index (κ2) is 4.10. The fourth-order valence-electron chi connectivity index (χ4n) is 0.952. The minimum absolute atomic E-state index is 0.563. The molecule has 5 nitrogen and oxygen atoms in total. The van der Waals surface area contributed by atoms with Crippen LogP contribution in [0.25, 0.3) is 11.6 Å². The third-order valence-electron chi connectivity index (χ3n) is 1.52. The van der Waals surface area contributed by atoms with E-state index < -0.39 is 0 Å². The quantitative estimate of drug-likeness (QED) is 0.824. The normalized spacial score (nSPS) is 10.1. The Morgan fingerprint density at radius 3 is 2.79 bits per heavy atom. The summed E-state index contributed by atoms with van der Waals surface area (Å²) in [7, 11) is 0. The topological polar surface area (TPSA) is 63.6 Å². The van der Waals surface area contributed by atoms with E-state index in [4.69, 9.17) is 0 Å². The van der Waals surface area contributed by atoms with Crippen LogP contribution < -0.4 is 5.32 Å². The fourth-order valence-corrected chi connectivity index (χ4v) is 1.58. The maximum Gasteiger partial charge on any atom is 0.212 e. The molecule has 0 radical (unpaired) electrons. The number of hydrogen-bond donors (Lipinski definition) is 1. The van der Waals surface area contributed by atoms with E-state index in [1.54, 1.807) is 18.5 Å². The van der Waals surface area contributed by atoms with E-state index in [1.165, 1.54) is 11.5 Å². The molecule has 14 heavy (non-hydrogen) atoms. The van der Waals surface area contributed by atoms with Crippen LogP contribution in [0.5, 0.6) is 0 Å². The Hall–Kier alpha value is -1.56. The molecule has 0 unspecified atom stereocenters. The van der Waals surface area contributed by atoms with Gasteiger partial charge in [0, 0.05) is 30.5 Å². The zero-order valence-electron chi connectivity index (χ0n) is 7.64. The standard InChI is InChI=1S/C8H9N5S/c1-2-9-8-12-7(13-14-8)6-10-4-3-5-11-6/h3-5H,2H2,1H3,(H,9,12,13). The smallest absolute Gasteiger partial charge is 0.212 e. The first-order chi connectivity index (χ1) is 6.90. The summed E-state index contributed by atoms with van der Waals surface area (Å²) in [4.78, 5) is 12.4. The van der Waals surface area contributed by atoms with Crippen molar-refractivity contribution in [3.63, 3.8) is 0 Å². The molecule has 0 saturated carbocycles. The number of anilines is 1. The molecule has 2 aromatic rings. The monoisotopic (exact) mass is 207 g/mol. The molecule has 0 saturated heterocycles. The van der Waals surface area contributed by atoms with Crippen LogP contribution in [0.4, 0.5) is 5.13 Å². The summed E-state index contributed by atoms with van der Waals surface area (Å²) in [5.41, 5.74) is 0. The zero-order valence-corrected chi connectivity index (χ0v) is 8.45. The highest BCUT2D eigenvalue weighted by Crippen LogP contribution is 2.16. The zero-order chi connectivity index (χ0) is 9.80. The Morgan fingerprint density at radius 2 is 2.07 bits per heavy atom. The Balaban J connectivity index is 2.25. The first-order valence-corrected chi connectivity index (χ1v) is 5.02. The highest BCUT2D eigenvalue weighted by molar-refractivity contribution is 7.09. The summed E-state index contributed by atoms with van der Waals surface area (Å²) in [6.07, 6.45) is 3.35. The summed E-state index contributed by atoms with van der Waals surface area (Å²) in [6.45, 7) is 2.85. The van der Waals surface area contributed by atoms with Crippen LogP contribution in [0, 0.1) is 0 Å². The molecule has 0 aromatic carbocycles. The summed E-state index contributed by atoms with van der Waals surface area (Å²) < 4.78 is 4.15. The Labute approximate surface area is 85.4 Å². The molecule has 2 rings (SSSR count). The van der Waals surface area contributed by atoms with Crippen LogP contribution in [0.15, 0.2) is 18.5 Å². The molecule has 2 heterocycles. The molecule has 1 N–H and O–H groups in total. The number of hydrogen-bond acceptors (Lipinski definition) is 6. The molecule has 2 aromatic heterocycles. The minimum atomic E-state index is 0.563. The van der Waals surface area contributed by atoms with Crippen LogP contribution in [-0.4, -0.2) is 25.9 Å². The van der Waals surface area contributed by atoms with Gasteiger partial charge in [0.15, 0.2) is 5.82 Å². The van der Waals surface area contributed by atoms with Gasteiger partial charge in [-0.1, -0.05) is 0 Å². The van der Waals surface area contributed by atoms with E-state index in [0.717, 1.165) is 11.7 Å². The maximum atomic E-state index is 4.24. The molecule has 0 aliphatic carbocycles. The first-order valence-electron chi connectivity index (χ1n) is 4.25. The lowest BCUT2D eigenvalue weighted by Crippen LogP contribution is -1.95. The second-order valence-electron chi connectivity index (χ2n) is 2.53. The van der Waals surface area contributed by atoms with E-state index in [0.29, 0.717) is 11.6 Å². The van der Waals surface area contributed by atoms with Gasteiger partial charge in [0.1, 0.15) is 0 Å². The van der Waals surface area contributed by atoms with Gasteiger partial charge in [-0.3, -0.25) is 0 Å². The third kappa shape index (κ3) is 1.85. The molecule has 72 valence electrons. The highest BCUT2D eigenvalue weighted by atomic mass is 32.1. The second-order valence-corrected chi connectivity index (χ2v) is 3.28. The van der Waals surface area contributed by atoms with Crippen molar-refractivity contribution >= 4 is 16.7 Å². The number of nitrogens with one attached hydrogen (secondary N) is 1. The minimum Gasteiger partial charge on any atom is -0.361 e. The third-order valence-corrected chi connectivity index (χ3v) is 2.19. The summed E-state index contributed by atoms with van der Waals surface area (Å²) in [5, 5.41) is 3.89. The Morgan fingerprint density at radius 1 is 1.29 bits per heavy atom. The molecule has 6 heteroatoms. The molecule has 0 spiro atoms. The van der Waals surface area contributed by atoms with Crippen molar-refractivity contribution in [1.82, 2.24) is 19.3 Å². The summed E-state index contributed by atoms with van der Waals surface area (Å²) >= 11 is 1.32. The van der Waals surface area contributed by atoms with Gasteiger partial charge in [0.25, 0.3) is 0 Å². The molecule has 0 aliphatic rings. The maximum absolute atomic E-state index is 4.24. The van der Waals surface area contributed by atoms with E-state index in [1.807, 2.05) is 6.92 Å². The van der Waals surface area contributed by atoms with Crippen LogP contribution in [0.3, 0.4) is 0 Å². The molecule has 0 atom stereocenters. The molecule has 0 aliphatic heterocycles. The van der Waals surface area contributed by atoms with Gasteiger partial charge in [-0.2, -0.15) is 9.36 Å². The van der Waals surface area contributed by atoms with Gasteiger partial charge < -0.3 is 5.32 Å². The van der Waals surface area contributed by atoms with Crippen LogP contribution in [-0.2, 0) is 0 Å². The van der Waals surface area contributed by atoms with E-state index in [9.17, 15) is 0 Å². The van der Waals surface area contributed by atoms with Crippen molar-refractivity contribution in [3.05, 3.63) is 18.5 Å². The Kier molecular flexibility index (Phi) is 2.64. The van der Waals surface area contributed by atoms with Crippen molar-refractivity contribution in [1.29, 1.82) is 0 Å². The highest BCUT2D eigenvalue weighted by Gasteiger charge is 2.06. The fraction of sp³-hybridized carbons (Fsp3) is 0.250. The molecule has 0 bridgehead atoms. The van der Waals surface area contributed by atoms with Gasteiger partial charge in [-0.15, -0.1) is 0 Å². The molecular weight excluding hydrogens is 198 g/mol. The van der Waals surface area contributed by atoms with Crippen molar-refractivity contribution in [2.24, 2.45) is 0 Å². The average molecular weight is 207 g/mol. The van der Waals surface area contributed by atoms with Crippen molar-refractivity contribution in [2.45, 2.75) is 6.92 Å². The van der Waals surface area contributed by atoms with Crippen LogP contribution >= 0.6 is 11.5 Å². The van der Waals surface area contributed by atoms with Gasteiger partial charge in [0.2, 0.25) is 11.0 Å². The predicted octanol–water partition coefficient (Wildman–Crippen LogP) is 1.43. The van der Waals surface area contributed by atoms with E-state index in [-0.39, 0.29) is 0 Å². The van der Waals surface area contributed by atoms with Crippen LogP contribution in [0.1, 0.15) is 6.92 Å². The number of aromatic nitrogens is 4. The van der Waals surface area contributed by atoms with Gasteiger partial charge in [-0.05, 0) is 13.0 Å². The number of nitrogens with zero attached hydrogens (tertiary/aromatic N) is 4. The van der Waals surface area contributed by atoms with E-state index >= 15 is 0 Å². The van der Waals surface area contributed by atoms with Crippen molar-refractivity contribution in [2.75, 3.05) is 11.9 Å². The van der Waals surface area contributed by atoms with Crippen molar-refractivity contribution in [3.8, 4) is 11.6 Å². The van der Waals surface area contributed by atoms with Gasteiger partial charge in [-0.25, -0.2) is 9.97 Å².